The van der Waals surface area contributed by atoms with Crippen LogP contribution in [0.15, 0.2) is 51.7 Å². The fourth-order valence-corrected chi connectivity index (χ4v) is 3.57. The molecule has 7 heteroatoms. The molecular weight excluding hydrogens is 382 g/mol. The number of carbonyl (C=O) groups excluding carboxylic acids is 2. The zero-order valence-electron chi connectivity index (χ0n) is 14.8. The van der Waals surface area contributed by atoms with Crippen molar-refractivity contribution in [3.05, 3.63) is 74.6 Å². The summed E-state index contributed by atoms with van der Waals surface area (Å²) in [7, 11) is 0. The first-order valence-electron chi connectivity index (χ1n) is 8.85. The van der Waals surface area contributed by atoms with Gasteiger partial charge in [0.15, 0.2) is 5.75 Å². The van der Waals surface area contributed by atoms with Crippen molar-refractivity contribution in [3.63, 3.8) is 0 Å². The smallest absolute Gasteiger partial charge is 0.339 e. The number of carbonyl (C=O) groups is 2. The van der Waals surface area contributed by atoms with Crippen LogP contribution < -0.4 is 15.7 Å². The minimum absolute atomic E-state index is 0.0780. The Balaban J connectivity index is 1.51. The van der Waals surface area contributed by atoms with Gasteiger partial charge in [0, 0.05) is 22.6 Å². The number of benzene rings is 2. The van der Waals surface area contributed by atoms with Crippen molar-refractivity contribution in [3.8, 4) is 5.75 Å². The van der Waals surface area contributed by atoms with Crippen LogP contribution in [0.25, 0.3) is 11.0 Å². The standard InChI is InChI=1S/C21H16ClNO5/c22-16-9-15-13-7-4-8-14(13)21(26)28-17(15)10-18(16)27-19(24)11-23-20(25)12-5-2-1-3-6-12/h1-3,5-6,9-10H,4,7-8,11H2,(H,23,25). The van der Waals surface area contributed by atoms with E-state index in [-0.39, 0.29) is 28.8 Å². The molecule has 142 valence electrons. The van der Waals surface area contributed by atoms with E-state index in [0.717, 1.165) is 23.8 Å². The third kappa shape index (κ3) is 3.51. The topological polar surface area (TPSA) is 85.6 Å². The van der Waals surface area contributed by atoms with Gasteiger partial charge >= 0.3 is 11.6 Å². The van der Waals surface area contributed by atoms with Crippen LogP contribution in [0.1, 0.15) is 27.9 Å². The third-order valence-electron chi connectivity index (χ3n) is 4.68. The molecule has 28 heavy (non-hydrogen) atoms. The molecule has 0 atom stereocenters. The Hall–Kier alpha value is -3.12. The first-order valence-corrected chi connectivity index (χ1v) is 9.23. The molecule has 3 aromatic rings. The van der Waals surface area contributed by atoms with Crippen LogP contribution in [0, 0.1) is 0 Å². The molecule has 0 spiro atoms. The van der Waals surface area contributed by atoms with Crippen molar-refractivity contribution >= 4 is 34.4 Å². The van der Waals surface area contributed by atoms with Gasteiger partial charge in [0.2, 0.25) is 0 Å². The highest BCUT2D eigenvalue weighted by Crippen LogP contribution is 2.34. The number of amides is 1. The second-order valence-electron chi connectivity index (χ2n) is 6.50. The zero-order chi connectivity index (χ0) is 19.7. The number of ether oxygens (including phenoxy) is 1. The van der Waals surface area contributed by atoms with Crippen molar-refractivity contribution in [1.82, 2.24) is 5.32 Å². The van der Waals surface area contributed by atoms with Gasteiger partial charge in [-0.1, -0.05) is 29.8 Å². The Bertz CT molecular complexity index is 1140. The average molecular weight is 398 g/mol. The monoisotopic (exact) mass is 397 g/mol. The van der Waals surface area contributed by atoms with E-state index in [1.165, 1.54) is 6.07 Å². The van der Waals surface area contributed by atoms with Crippen LogP contribution in [0.4, 0.5) is 0 Å². The molecule has 0 saturated heterocycles. The lowest BCUT2D eigenvalue weighted by atomic mass is 10.1. The molecule has 1 aliphatic rings. The van der Waals surface area contributed by atoms with E-state index in [2.05, 4.69) is 5.32 Å². The molecule has 4 rings (SSSR count). The summed E-state index contributed by atoms with van der Waals surface area (Å²) in [5.41, 5.74) is 2.04. The van der Waals surface area contributed by atoms with Gasteiger partial charge in [-0.05, 0) is 43.0 Å². The quantitative estimate of drug-likeness (QED) is 0.415. The summed E-state index contributed by atoms with van der Waals surface area (Å²) in [5, 5.41) is 3.48. The van der Waals surface area contributed by atoms with E-state index in [4.69, 9.17) is 20.8 Å². The minimum Gasteiger partial charge on any atom is -0.423 e. The highest BCUT2D eigenvalue weighted by atomic mass is 35.5. The van der Waals surface area contributed by atoms with E-state index in [9.17, 15) is 14.4 Å². The molecule has 0 unspecified atom stereocenters. The van der Waals surface area contributed by atoms with Gasteiger partial charge < -0.3 is 14.5 Å². The number of esters is 1. The molecule has 0 aliphatic heterocycles. The van der Waals surface area contributed by atoms with Crippen molar-refractivity contribution in [2.45, 2.75) is 19.3 Å². The van der Waals surface area contributed by atoms with Crippen molar-refractivity contribution in [2.24, 2.45) is 0 Å². The van der Waals surface area contributed by atoms with Crippen molar-refractivity contribution in [2.75, 3.05) is 6.54 Å². The lowest BCUT2D eigenvalue weighted by Gasteiger charge is -2.10. The number of nitrogens with one attached hydrogen (secondary N) is 1. The second-order valence-corrected chi connectivity index (χ2v) is 6.91. The molecule has 1 heterocycles. The SMILES string of the molecule is O=C(CNC(=O)c1ccccc1)Oc1cc2oc(=O)c3c(c2cc1Cl)CCC3. The number of hydrogen-bond acceptors (Lipinski definition) is 5. The Labute approximate surface area is 165 Å². The van der Waals surface area contributed by atoms with Gasteiger partial charge in [-0.3, -0.25) is 4.79 Å². The predicted molar refractivity (Wildman–Crippen MR) is 104 cm³/mol. The second kappa shape index (κ2) is 7.48. The highest BCUT2D eigenvalue weighted by molar-refractivity contribution is 6.33. The maximum Gasteiger partial charge on any atom is 0.339 e. The highest BCUT2D eigenvalue weighted by Gasteiger charge is 2.21. The van der Waals surface area contributed by atoms with E-state index in [1.54, 1.807) is 36.4 Å². The summed E-state index contributed by atoms with van der Waals surface area (Å²) in [6.45, 7) is -0.323. The third-order valence-corrected chi connectivity index (χ3v) is 4.97. The van der Waals surface area contributed by atoms with Crippen LogP contribution in [0.2, 0.25) is 5.02 Å². The lowest BCUT2D eigenvalue weighted by Crippen LogP contribution is -2.31. The molecule has 6 nitrogen and oxygen atoms in total. The Morgan fingerprint density at radius 1 is 1.11 bits per heavy atom. The lowest BCUT2D eigenvalue weighted by molar-refractivity contribution is -0.133. The first kappa shape index (κ1) is 18.3. The summed E-state index contributed by atoms with van der Waals surface area (Å²) in [5.74, 6) is -0.994. The maximum atomic E-state index is 12.1. The van der Waals surface area contributed by atoms with E-state index in [1.807, 2.05) is 0 Å². The van der Waals surface area contributed by atoms with Crippen molar-refractivity contribution < 1.29 is 18.7 Å². The number of halogens is 1. The normalized spacial score (nSPS) is 12.6. The minimum atomic E-state index is -0.686. The summed E-state index contributed by atoms with van der Waals surface area (Å²) in [6, 6.07) is 11.6. The number of fused-ring (bicyclic) bond motifs is 3. The number of hydrogen-bond donors (Lipinski definition) is 1. The van der Waals surface area contributed by atoms with Gasteiger partial charge in [-0.25, -0.2) is 9.59 Å². The van der Waals surface area contributed by atoms with Crippen LogP contribution in [-0.2, 0) is 17.6 Å². The predicted octanol–water partition coefficient (Wildman–Crippen LogP) is 3.27. The van der Waals surface area contributed by atoms with E-state index < -0.39 is 5.97 Å². The van der Waals surface area contributed by atoms with Crippen LogP contribution in [0.3, 0.4) is 0 Å². The molecule has 0 bridgehead atoms. The summed E-state index contributed by atoms with van der Waals surface area (Å²) < 4.78 is 10.6. The Morgan fingerprint density at radius 2 is 1.86 bits per heavy atom. The maximum absolute atomic E-state index is 12.1. The summed E-state index contributed by atoms with van der Waals surface area (Å²) in [4.78, 5) is 36.2. The molecule has 2 aromatic carbocycles. The molecule has 1 aliphatic carbocycles. The van der Waals surface area contributed by atoms with Crippen molar-refractivity contribution in [1.29, 1.82) is 0 Å². The zero-order valence-corrected chi connectivity index (χ0v) is 15.5. The molecule has 1 amide bonds. The Kier molecular flexibility index (Phi) is 4.88. The van der Waals surface area contributed by atoms with Gasteiger partial charge in [0.05, 0.1) is 5.02 Å². The van der Waals surface area contributed by atoms with Gasteiger partial charge in [0.25, 0.3) is 5.91 Å². The average Bonchev–Trinajstić information content (AvgIpc) is 3.19. The van der Waals surface area contributed by atoms with Crippen LogP contribution >= 0.6 is 11.6 Å². The fraction of sp³-hybridized carbons (Fsp3) is 0.190. The molecule has 0 fully saturated rings. The molecule has 1 N–H and O–H groups in total. The van der Waals surface area contributed by atoms with Crippen LogP contribution in [-0.4, -0.2) is 18.4 Å². The van der Waals surface area contributed by atoms with E-state index >= 15 is 0 Å². The molecular formula is C21H16ClNO5. The fourth-order valence-electron chi connectivity index (χ4n) is 3.36. The largest absolute Gasteiger partial charge is 0.423 e. The van der Waals surface area contributed by atoms with Gasteiger partial charge in [-0.2, -0.15) is 0 Å². The van der Waals surface area contributed by atoms with Crippen LogP contribution in [0.5, 0.6) is 5.75 Å². The molecule has 0 saturated carbocycles. The Morgan fingerprint density at radius 3 is 2.64 bits per heavy atom. The van der Waals surface area contributed by atoms with E-state index in [0.29, 0.717) is 23.1 Å². The summed E-state index contributed by atoms with van der Waals surface area (Å²) >= 11 is 6.26. The molecule has 0 radical (unpaired) electrons. The number of rotatable bonds is 4. The summed E-state index contributed by atoms with van der Waals surface area (Å²) in [6.07, 6.45) is 2.39. The van der Waals surface area contributed by atoms with Gasteiger partial charge in [0.1, 0.15) is 12.1 Å². The number of aryl methyl sites for hydroxylation is 1. The molecule has 1 aromatic heterocycles. The van der Waals surface area contributed by atoms with Gasteiger partial charge in [-0.15, -0.1) is 0 Å². The first-order chi connectivity index (χ1) is 13.5.